The molecule has 0 saturated carbocycles. The maximum atomic E-state index is 12.6. The van der Waals surface area contributed by atoms with Crippen molar-refractivity contribution >= 4 is 21.4 Å². The highest BCUT2D eigenvalue weighted by molar-refractivity contribution is 7.89. The van der Waals surface area contributed by atoms with Gasteiger partial charge in [-0.05, 0) is 17.4 Å². The quantitative estimate of drug-likeness (QED) is 0.803. The highest BCUT2D eigenvalue weighted by Gasteiger charge is 2.27. The highest BCUT2D eigenvalue weighted by Crippen LogP contribution is 2.26. The van der Waals surface area contributed by atoms with E-state index in [1.165, 1.54) is 15.6 Å². The van der Waals surface area contributed by atoms with Gasteiger partial charge in [0.15, 0.2) is 0 Å². The molecule has 0 amide bonds. The third-order valence-electron chi connectivity index (χ3n) is 3.44. The molecule has 110 valence electrons. The summed E-state index contributed by atoms with van der Waals surface area (Å²) in [6.45, 7) is 6.79. The first-order chi connectivity index (χ1) is 9.01. The molecule has 19 heavy (non-hydrogen) atoms. The number of thiophene rings is 1. The third-order valence-corrected chi connectivity index (χ3v) is 6.50. The van der Waals surface area contributed by atoms with Gasteiger partial charge in [-0.1, -0.05) is 33.6 Å². The molecule has 0 aliphatic carbocycles. The summed E-state index contributed by atoms with van der Waals surface area (Å²) in [5, 5.41) is 10.9. The van der Waals surface area contributed by atoms with E-state index in [4.69, 9.17) is 0 Å². The summed E-state index contributed by atoms with van der Waals surface area (Å²) in [5.41, 5.74) is 0. The van der Waals surface area contributed by atoms with Gasteiger partial charge in [0.2, 0.25) is 10.0 Å². The molecule has 0 aliphatic rings. The van der Waals surface area contributed by atoms with Crippen LogP contribution in [0.5, 0.6) is 0 Å². The van der Waals surface area contributed by atoms with E-state index in [1.54, 1.807) is 11.4 Å². The Morgan fingerprint density at radius 2 is 1.95 bits per heavy atom. The molecule has 0 spiro atoms. The van der Waals surface area contributed by atoms with Crippen molar-refractivity contribution in [3.63, 3.8) is 0 Å². The Bertz CT molecular complexity index is 478. The van der Waals surface area contributed by atoms with Crippen LogP contribution in [0.25, 0.3) is 0 Å². The molecule has 6 heteroatoms. The summed E-state index contributed by atoms with van der Waals surface area (Å²) >= 11 is 1.28. The lowest BCUT2D eigenvalue weighted by atomic mass is 10.0. The van der Waals surface area contributed by atoms with Gasteiger partial charge in [0, 0.05) is 18.0 Å². The number of hydrogen-bond donors (Lipinski definition) is 1. The third kappa shape index (κ3) is 3.78. The Hall–Kier alpha value is -0.430. The highest BCUT2D eigenvalue weighted by atomic mass is 32.2. The van der Waals surface area contributed by atoms with Crippen LogP contribution in [0.1, 0.15) is 38.5 Å². The Balaban J connectivity index is 3.02. The molecular formula is C13H23NO3S2. The van der Waals surface area contributed by atoms with Crippen molar-refractivity contribution in [3.8, 4) is 0 Å². The minimum Gasteiger partial charge on any atom is -0.391 e. The molecule has 0 atom stereocenters. The van der Waals surface area contributed by atoms with Gasteiger partial charge in [-0.2, -0.15) is 4.31 Å². The molecule has 1 aromatic heterocycles. The summed E-state index contributed by atoms with van der Waals surface area (Å²) in [6.07, 6.45) is 1.94. The van der Waals surface area contributed by atoms with Crippen molar-refractivity contribution in [1.82, 2.24) is 4.31 Å². The van der Waals surface area contributed by atoms with Crippen LogP contribution in [-0.4, -0.2) is 30.9 Å². The zero-order valence-electron chi connectivity index (χ0n) is 11.8. The van der Waals surface area contributed by atoms with Crippen molar-refractivity contribution in [2.45, 2.75) is 45.1 Å². The Morgan fingerprint density at radius 1 is 1.32 bits per heavy atom. The fourth-order valence-corrected chi connectivity index (χ4v) is 4.84. The molecule has 1 rings (SSSR count). The zero-order valence-corrected chi connectivity index (χ0v) is 13.4. The molecular weight excluding hydrogens is 282 g/mol. The molecule has 0 aliphatic heterocycles. The van der Waals surface area contributed by atoms with Crippen LogP contribution in [0.15, 0.2) is 16.3 Å². The van der Waals surface area contributed by atoms with E-state index in [0.29, 0.717) is 23.9 Å². The van der Waals surface area contributed by atoms with Gasteiger partial charge in [0.05, 0.1) is 11.5 Å². The summed E-state index contributed by atoms with van der Waals surface area (Å²) < 4.78 is 26.7. The lowest BCUT2D eigenvalue weighted by molar-refractivity contribution is 0.281. The molecule has 0 unspecified atom stereocenters. The van der Waals surface area contributed by atoms with Crippen LogP contribution in [0.2, 0.25) is 0 Å². The standard InChI is InChI=1S/C13H23NO3S2/c1-4-11(5-2)9-14(6-3)19(16,17)13-7-8-18-12(13)10-15/h7-8,11,15H,4-6,9-10H2,1-3H3. The largest absolute Gasteiger partial charge is 0.391 e. The molecule has 0 radical (unpaired) electrons. The second kappa shape index (κ2) is 7.38. The summed E-state index contributed by atoms with van der Waals surface area (Å²) in [6, 6.07) is 1.58. The Morgan fingerprint density at radius 3 is 2.42 bits per heavy atom. The van der Waals surface area contributed by atoms with E-state index in [2.05, 4.69) is 13.8 Å². The number of sulfonamides is 1. The second-order valence-corrected chi connectivity index (χ2v) is 7.41. The number of aliphatic hydroxyl groups excluding tert-OH is 1. The first-order valence-corrected chi connectivity index (χ1v) is 9.00. The smallest absolute Gasteiger partial charge is 0.244 e. The lowest BCUT2D eigenvalue weighted by Gasteiger charge is -2.24. The van der Waals surface area contributed by atoms with Gasteiger partial charge in [0.25, 0.3) is 0 Å². The van der Waals surface area contributed by atoms with Crippen LogP contribution in [0.3, 0.4) is 0 Å². The fourth-order valence-electron chi connectivity index (χ4n) is 2.05. The van der Waals surface area contributed by atoms with E-state index >= 15 is 0 Å². The predicted molar refractivity (Wildman–Crippen MR) is 78.7 cm³/mol. The van der Waals surface area contributed by atoms with E-state index < -0.39 is 10.0 Å². The van der Waals surface area contributed by atoms with Crippen LogP contribution < -0.4 is 0 Å². The van der Waals surface area contributed by atoms with Crippen LogP contribution in [0.4, 0.5) is 0 Å². The molecule has 1 heterocycles. The van der Waals surface area contributed by atoms with Crippen molar-refractivity contribution in [1.29, 1.82) is 0 Å². The molecule has 0 fully saturated rings. The average molecular weight is 305 g/mol. The molecule has 0 bridgehead atoms. The van der Waals surface area contributed by atoms with Crippen LogP contribution in [0, 0.1) is 5.92 Å². The molecule has 1 aromatic rings. The van der Waals surface area contributed by atoms with Gasteiger partial charge >= 0.3 is 0 Å². The molecule has 0 saturated heterocycles. The normalized spacial score (nSPS) is 12.5. The lowest BCUT2D eigenvalue weighted by Crippen LogP contribution is -2.35. The van der Waals surface area contributed by atoms with Gasteiger partial charge < -0.3 is 5.11 Å². The van der Waals surface area contributed by atoms with E-state index in [9.17, 15) is 13.5 Å². The van der Waals surface area contributed by atoms with Gasteiger partial charge in [-0.25, -0.2) is 8.42 Å². The number of aliphatic hydroxyl groups is 1. The Kier molecular flexibility index (Phi) is 6.46. The topological polar surface area (TPSA) is 57.6 Å². The first-order valence-electron chi connectivity index (χ1n) is 6.68. The minimum atomic E-state index is -3.48. The predicted octanol–water partition coefficient (Wildman–Crippen LogP) is 2.69. The average Bonchev–Trinajstić information content (AvgIpc) is 2.89. The molecule has 4 nitrogen and oxygen atoms in total. The van der Waals surface area contributed by atoms with Crippen molar-refractivity contribution in [3.05, 3.63) is 16.3 Å². The minimum absolute atomic E-state index is 0.227. The maximum Gasteiger partial charge on any atom is 0.244 e. The van der Waals surface area contributed by atoms with Gasteiger partial charge in [0.1, 0.15) is 0 Å². The van der Waals surface area contributed by atoms with Gasteiger partial charge in [-0.3, -0.25) is 0 Å². The summed E-state index contributed by atoms with van der Waals surface area (Å²) in [4.78, 5) is 0.774. The monoisotopic (exact) mass is 305 g/mol. The van der Waals surface area contributed by atoms with Crippen LogP contribution in [-0.2, 0) is 16.6 Å². The first kappa shape index (κ1) is 16.6. The molecule has 0 aromatic carbocycles. The van der Waals surface area contributed by atoms with E-state index in [0.717, 1.165) is 12.8 Å². The number of rotatable bonds is 8. The maximum absolute atomic E-state index is 12.6. The van der Waals surface area contributed by atoms with E-state index in [-0.39, 0.29) is 11.5 Å². The van der Waals surface area contributed by atoms with E-state index in [1.807, 2.05) is 6.92 Å². The van der Waals surface area contributed by atoms with Crippen molar-refractivity contribution < 1.29 is 13.5 Å². The van der Waals surface area contributed by atoms with Crippen molar-refractivity contribution in [2.75, 3.05) is 13.1 Å². The second-order valence-electron chi connectivity index (χ2n) is 4.50. The van der Waals surface area contributed by atoms with Crippen LogP contribution >= 0.6 is 11.3 Å². The summed E-state index contributed by atoms with van der Waals surface area (Å²) in [5.74, 6) is 0.380. The fraction of sp³-hybridized carbons (Fsp3) is 0.692. The van der Waals surface area contributed by atoms with Gasteiger partial charge in [-0.15, -0.1) is 11.3 Å². The SMILES string of the molecule is CCC(CC)CN(CC)S(=O)(=O)c1ccsc1CO. The zero-order chi connectivity index (χ0) is 14.5. The molecule has 1 N–H and O–H groups in total. The number of hydrogen-bond acceptors (Lipinski definition) is 4. The summed E-state index contributed by atoms with van der Waals surface area (Å²) in [7, 11) is -3.48. The Labute approximate surface area is 120 Å². The van der Waals surface area contributed by atoms with Crippen molar-refractivity contribution in [2.24, 2.45) is 5.92 Å². The number of nitrogens with zero attached hydrogens (tertiary/aromatic N) is 1.